The minimum atomic E-state index is -0.265. The van der Waals surface area contributed by atoms with Crippen LogP contribution < -0.4 is 5.32 Å². The molecule has 2 aromatic rings. The zero-order valence-electron chi connectivity index (χ0n) is 9.54. The van der Waals surface area contributed by atoms with Crippen LogP contribution >= 0.6 is 11.3 Å². The van der Waals surface area contributed by atoms with Crippen molar-refractivity contribution in [3.05, 3.63) is 29.0 Å². The van der Waals surface area contributed by atoms with Gasteiger partial charge in [0.25, 0.3) is 5.91 Å². The lowest BCUT2D eigenvalue weighted by Gasteiger charge is -1.96. The molecule has 0 fully saturated rings. The lowest BCUT2D eigenvalue weighted by molar-refractivity contribution is 0.102. The van der Waals surface area contributed by atoms with Crippen molar-refractivity contribution in [3.63, 3.8) is 0 Å². The third-order valence-corrected chi connectivity index (χ3v) is 2.81. The van der Waals surface area contributed by atoms with Crippen molar-refractivity contribution in [1.82, 2.24) is 14.8 Å². The van der Waals surface area contributed by atoms with Gasteiger partial charge in [-0.25, -0.2) is 4.98 Å². The second-order valence-electron chi connectivity index (χ2n) is 3.35. The van der Waals surface area contributed by atoms with Crippen molar-refractivity contribution in [2.24, 2.45) is 7.05 Å². The van der Waals surface area contributed by atoms with Gasteiger partial charge >= 0.3 is 0 Å². The van der Waals surface area contributed by atoms with Crippen LogP contribution in [0.5, 0.6) is 0 Å². The summed E-state index contributed by atoms with van der Waals surface area (Å²) in [4.78, 5) is 16.5. The van der Waals surface area contributed by atoms with Crippen LogP contribution in [0.1, 0.15) is 15.2 Å². The van der Waals surface area contributed by atoms with E-state index in [0.29, 0.717) is 15.6 Å². The van der Waals surface area contributed by atoms with Gasteiger partial charge in [-0.2, -0.15) is 5.10 Å². The second-order valence-corrected chi connectivity index (χ2v) is 4.38. The summed E-state index contributed by atoms with van der Waals surface area (Å²) >= 11 is 1.25. The number of aryl methyl sites for hydroxylation is 1. The first kappa shape index (κ1) is 12.3. The number of amides is 1. The topological polar surface area (TPSA) is 80.0 Å². The molecule has 0 unspecified atom stereocenters. The molecule has 0 aliphatic rings. The number of rotatable bonds is 2. The average Bonchev–Trinajstić information content (AvgIpc) is 2.96. The number of aliphatic hydroxyl groups is 1. The van der Waals surface area contributed by atoms with E-state index in [-0.39, 0.29) is 12.5 Å². The number of anilines is 1. The summed E-state index contributed by atoms with van der Waals surface area (Å²) in [5.41, 5.74) is 0.468. The van der Waals surface area contributed by atoms with Gasteiger partial charge in [0.05, 0.1) is 22.8 Å². The summed E-state index contributed by atoms with van der Waals surface area (Å²) in [6.45, 7) is -0.199. The molecule has 2 rings (SSSR count). The molecule has 2 N–H and O–H groups in total. The lowest BCUT2D eigenvalue weighted by Crippen LogP contribution is -2.10. The third-order valence-electron chi connectivity index (χ3n) is 1.98. The Bertz CT molecular complexity index is 620. The molecule has 7 heteroatoms. The van der Waals surface area contributed by atoms with Gasteiger partial charge in [0.15, 0.2) is 5.13 Å². The minimum absolute atomic E-state index is 0.199. The number of carbonyl (C=O) groups is 1. The lowest BCUT2D eigenvalue weighted by atomic mass is 10.3. The molecule has 92 valence electrons. The fraction of sp³-hybridized carbons (Fsp3) is 0.182. The van der Waals surface area contributed by atoms with E-state index in [4.69, 9.17) is 5.11 Å². The summed E-state index contributed by atoms with van der Waals surface area (Å²) in [7, 11) is 1.74. The number of aromatic nitrogens is 3. The van der Waals surface area contributed by atoms with E-state index in [1.807, 2.05) is 0 Å². The maximum atomic E-state index is 11.8. The highest BCUT2D eigenvalue weighted by molar-refractivity contribution is 7.16. The van der Waals surface area contributed by atoms with Crippen LogP contribution in [-0.2, 0) is 7.05 Å². The summed E-state index contributed by atoms with van der Waals surface area (Å²) in [5, 5.41) is 15.6. The Morgan fingerprint density at radius 3 is 3.11 bits per heavy atom. The third kappa shape index (κ3) is 2.94. The Morgan fingerprint density at radius 1 is 1.61 bits per heavy atom. The fourth-order valence-corrected chi connectivity index (χ4v) is 1.91. The molecule has 0 saturated heterocycles. The van der Waals surface area contributed by atoms with E-state index in [0.717, 1.165) is 0 Å². The molecule has 1 amide bonds. The summed E-state index contributed by atoms with van der Waals surface area (Å²) < 4.78 is 1.55. The second kappa shape index (κ2) is 5.44. The number of aliphatic hydroxyl groups excluding tert-OH is 1. The van der Waals surface area contributed by atoms with Crippen molar-refractivity contribution >= 4 is 22.4 Å². The maximum Gasteiger partial charge on any atom is 0.260 e. The summed E-state index contributed by atoms with van der Waals surface area (Å²) in [6.07, 6.45) is 4.65. The number of carbonyl (C=O) groups excluding carboxylic acids is 1. The van der Waals surface area contributed by atoms with Crippen LogP contribution in [0.15, 0.2) is 18.6 Å². The molecule has 0 spiro atoms. The maximum absolute atomic E-state index is 11.8. The smallest absolute Gasteiger partial charge is 0.260 e. The molecule has 2 aromatic heterocycles. The molecule has 0 aromatic carbocycles. The molecule has 0 aliphatic heterocycles. The molecule has 0 radical (unpaired) electrons. The Balaban J connectivity index is 2.05. The Kier molecular flexibility index (Phi) is 3.72. The van der Waals surface area contributed by atoms with Gasteiger partial charge in [-0.3, -0.25) is 14.8 Å². The Hall–Kier alpha value is -2.17. The standard InChI is InChI=1S/C11H10N4O2S/c1-15-7-8(5-13-15)10(17)14-11-12-6-9(18-11)3-2-4-16/h5-7,16H,4H2,1H3,(H,12,14,17). The van der Waals surface area contributed by atoms with E-state index in [2.05, 4.69) is 27.2 Å². The van der Waals surface area contributed by atoms with Gasteiger partial charge in [0.1, 0.15) is 6.61 Å². The summed E-state index contributed by atoms with van der Waals surface area (Å²) in [6, 6.07) is 0. The molecular weight excluding hydrogens is 252 g/mol. The average molecular weight is 262 g/mol. The van der Waals surface area contributed by atoms with Crippen LogP contribution in [0.4, 0.5) is 5.13 Å². The van der Waals surface area contributed by atoms with Crippen molar-refractivity contribution in [1.29, 1.82) is 0 Å². The van der Waals surface area contributed by atoms with E-state index in [1.54, 1.807) is 24.1 Å². The molecule has 6 nitrogen and oxygen atoms in total. The number of hydrogen-bond donors (Lipinski definition) is 2. The zero-order valence-corrected chi connectivity index (χ0v) is 10.4. The first-order chi connectivity index (χ1) is 8.69. The highest BCUT2D eigenvalue weighted by atomic mass is 32.1. The SMILES string of the molecule is Cn1cc(C(=O)Nc2ncc(C#CCO)s2)cn1. The predicted molar refractivity (Wildman–Crippen MR) is 67.2 cm³/mol. The van der Waals surface area contributed by atoms with Crippen LogP contribution in [0, 0.1) is 11.8 Å². The fourth-order valence-electron chi connectivity index (χ4n) is 1.22. The van der Waals surface area contributed by atoms with Crippen molar-refractivity contribution < 1.29 is 9.90 Å². The van der Waals surface area contributed by atoms with E-state index < -0.39 is 0 Å². The van der Waals surface area contributed by atoms with Gasteiger partial charge in [-0.15, -0.1) is 0 Å². The van der Waals surface area contributed by atoms with Crippen molar-refractivity contribution in [3.8, 4) is 11.8 Å². The van der Waals surface area contributed by atoms with Gasteiger partial charge < -0.3 is 5.11 Å². The predicted octanol–water partition coefficient (Wildman–Crippen LogP) is 0.473. The van der Waals surface area contributed by atoms with E-state index in [1.165, 1.54) is 17.5 Å². The number of nitrogens with zero attached hydrogens (tertiary/aromatic N) is 3. The highest BCUT2D eigenvalue weighted by Gasteiger charge is 2.10. The minimum Gasteiger partial charge on any atom is -0.384 e. The Morgan fingerprint density at radius 2 is 2.44 bits per heavy atom. The molecule has 0 atom stereocenters. The van der Waals surface area contributed by atoms with Crippen LogP contribution in [-0.4, -0.2) is 32.4 Å². The number of nitrogens with one attached hydrogen (secondary N) is 1. The van der Waals surface area contributed by atoms with Crippen LogP contribution in [0.25, 0.3) is 0 Å². The largest absolute Gasteiger partial charge is 0.384 e. The van der Waals surface area contributed by atoms with Gasteiger partial charge in [0, 0.05) is 13.2 Å². The molecule has 2 heterocycles. The first-order valence-corrected chi connectivity index (χ1v) is 5.86. The highest BCUT2D eigenvalue weighted by Crippen LogP contribution is 2.17. The molecular formula is C11H10N4O2S. The van der Waals surface area contributed by atoms with Crippen LogP contribution in [0.3, 0.4) is 0 Å². The molecule has 0 saturated carbocycles. The van der Waals surface area contributed by atoms with Crippen LogP contribution in [0.2, 0.25) is 0 Å². The number of hydrogen-bond acceptors (Lipinski definition) is 5. The molecule has 0 aliphatic carbocycles. The zero-order chi connectivity index (χ0) is 13.0. The van der Waals surface area contributed by atoms with E-state index in [9.17, 15) is 4.79 Å². The van der Waals surface area contributed by atoms with E-state index >= 15 is 0 Å². The van der Waals surface area contributed by atoms with Crippen molar-refractivity contribution in [2.45, 2.75) is 0 Å². The molecule has 18 heavy (non-hydrogen) atoms. The number of thiazole rings is 1. The normalized spacial score (nSPS) is 9.67. The monoisotopic (exact) mass is 262 g/mol. The quantitative estimate of drug-likeness (QED) is 0.771. The van der Waals surface area contributed by atoms with Gasteiger partial charge in [-0.05, 0) is 0 Å². The molecule has 0 bridgehead atoms. The Labute approximate surface area is 107 Å². The van der Waals surface area contributed by atoms with Crippen molar-refractivity contribution in [2.75, 3.05) is 11.9 Å². The first-order valence-electron chi connectivity index (χ1n) is 5.04. The van der Waals surface area contributed by atoms with Gasteiger partial charge in [-0.1, -0.05) is 23.2 Å². The van der Waals surface area contributed by atoms with Gasteiger partial charge in [0.2, 0.25) is 0 Å². The summed E-state index contributed by atoms with van der Waals surface area (Å²) in [5.74, 6) is 4.97.